The van der Waals surface area contributed by atoms with Gasteiger partial charge in [-0.1, -0.05) is 39.7 Å². The normalized spacial score (nSPS) is 10.7. The highest BCUT2D eigenvalue weighted by molar-refractivity contribution is 9.10. The second-order valence-corrected chi connectivity index (χ2v) is 6.14. The molecule has 2 heterocycles. The number of carbonyl (C=O) groups is 1. The van der Waals surface area contributed by atoms with Gasteiger partial charge in [-0.25, -0.2) is 9.97 Å². The first-order chi connectivity index (χ1) is 11.0. The molecule has 0 amide bonds. The largest absolute Gasteiger partial charge is 0.320 e. The minimum Gasteiger partial charge on any atom is -0.320 e. The van der Waals surface area contributed by atoms with Crippen LogP contribution < -0.4 is 0 Å². The Morgan fingerprint density at radius 3 is 2.91 bits per heavy atom. The molecule has 4 nitrogen and oxygen atoms in total. The number of halogens is 3. The Bertz CT molecular complexity index is 881. The van der Waals surface area contributed by atoms with Gasteiger partial charge in [0.2, 0.25) is 0 Å². The number of aromatic nitrogens is 3. The van der Waals surface area contributed by atoms with E-state index >= 15 is 0 Å². The molecule has 0 bridgehead atoms. The summed E-state index contributed by atoms with van der Waals surface area (Å²) in [4.78, 5) is 19.9. The Kier molecular flexibility index (Phi) is 4.54. The van der Waals surface area contributed by atoms with E-state index in [0.29, 0.717) is 6.54 Å². The molecule has 3 rings (SSSR count). The third-order valence-electron chi connectivity index (χ3n) is 3.26. The van der Waals surface area contributed by atoms with Crippen LogP contribution in [-0.2, 0) is 6.54 Å². The maximum atomic E-state index is 14.1. The first-order valence-electron chi connectivity index (χ1n) is 6.65. The molecule has 1 aromatic carbocycles. The summed E-state index contributed by atoms with van der Waals surface area (Å²) >= 11 is 9.26. The van der Waals surface area contributed by atoms with Gasteiger partial charge in [-0.2, -0.15) is 4.39 Å². The van der Waals surface area contributed by atoms with Gasteiger partial charge >= 0.3 is 0 Å². The SMILES string of the molecule is O=C(c1cc(F)n(Cc2cccc(Br)c2)c1)c1cncnc1Cl. The molecule has 7 heteroatoms. The topological polar surface area (TPSA) is 47.8 Å². The molecular weight excluding hydrogens is 385 g/mol. The van der Waals surface area contributed by atoms with Crippen LogP contribution in [0, 0.1) is 5.95 Å². The first kappa shape index (κ1) is 15.8. The summed E-state index contributed by atoms with van der Waals surface area (Å²) < 4.78 is 16.4. The smallest absolute Gasteiger partial charge is 0.199 e. The van der Waals surface area contributed by atoms with Crippen LogP contribution in [0.4, 0.5) is 4.39 Å². The zero-order chi connectivity index (χ0) is 16.4. The van der Waals surface area contributed by atoms with Crippen LogP contribution in [0.1, 0.15) is 21.5 Å². The number of nitrogens with zero attached hydrogens (tertiary/aromatic N) is 3. The van der Waals surface area contributed by atoms with Crippen molar-refractivity contribution < 1.29 is 9.18 Å². The highest BCUT2D eigenvalue weighted by Crippen LogP contribution is 2.19. The highest BCUT2D eigenvalue weighted by Gasteiger charge is 2.17. The molecule has 3 aromatic rings. The minimum atomic E-state index is -0.499. The molecule has 116 valence electrons. The summed E-state index contributed by atoms with van der Waals surface area (Å²) in [6.45, 7) is 0.317. The molecule has 0 fully saturated rings. The molecule has 0 aliphatic carbocycles. The number of ketones is 1. The van der Waals surface area contributed by atoms with Crippen molar-refractivity contribution in [2.75, 3.05) is 0 Å². The van der Waals surface area contributed by atoms with Gasteiger partial charge in [0.05, 0.1) is 5.56 Å². The number of benzene rings is 1. The van der Waals surface area contributed by atoms with Gasteiger partial charge < -0.3 is 4.57 Å². The van der Waals surface area contributed by atoms with Gasteiger partial charge in [0.15, 0.2) is 11.7 Å². The molecule has 2 aromatic heterocycles. The van der Waals surface area contributed by atoms with Gasteiger partial charge in [0.25, 0.3) is 0 Å². The van der Waals surface area contributed by atoms with Crippen molar-refractivity contribution in [2.45, 2.75) is 6.54 Å². The molecule has 0 radical (unpaired) electrons. The fraction of sp³-hybridized carbons (Fsp3) is 0.0625. The highest BCUT2D eigenvalue weighted by atomic mass is 79.9. The second kappa shape index (κ2) is 6.60. The Morgan fingerprint density at radius 1 is 1.35 bits per heavy atom. The van der Waals surface area contributed by atoms with Crippen molar-refractivity contribution in [2.24, 2.45) is 0 Å². The molecule has 0 aliphatic heterocycles. The van der Waals surface area contributed by atoms with Gasteiger partial charge in [-0.3, -0.25) is 4.79 Å². The standard InChI is InChI=1S/C16H10BrClFN3O/c17-12-3-1-2-10(4-12)7-22-8-11(5-14(22)19)15(23)13-6-20-9-21-16(13)18/h1-6,8-9H,7H2. The second-order valence-electron chi connectivity index (χ2n) is 4.87. The average molecular weight is 395 g/mol. The molecule has 0 saturated carbocycles. The van der Waals surface area contributed by atoms with Crippen molar-refractivity contribution in [1.29, 1.82) is 0 Å². The summed E-state index contributed by atoms with van der Waals surface area (Å²) in [5.41, 5.74) is 1.26. The quantitative estimate of drug-likeness (QED) is 0.494. The van der Waals surface area contributed by atoms with E-state index in [0.717, 1.165) is 10.0 Å². The van der Waals surface area contributed by atoms with Crippen LogP contribution in [0.3, 0.4) is 0 Å². The third-order valence-corrected chi connectivity index (χ3v) is 4.05. The van der Waals surface area contributed by atoms with E-state index in [4.69, 9.17) is 11.6 Å². The maximum absolute atomic E-state index is 14.1. The van der Waals surface area contributed by atoms with E-state index in [1.54, 1.807) is 0 Å². The van der Waals surface area contributed by atoms with Crippen molar-refractivity contribution >= 4 is 33.3 Å². The molecule has 0 aliphatic rings. The molecule has 0 N–H and O–H groups in total. The van der Waals surface area contributed by atoms with Crippen LogP contribution in [0.15, 0.2) is 53.5 Å². The van der Waals surface area contributed by atoms with Gasteiger partial charge in [0, 0.05) is 35.0 Å². The fourth-order valence-corrected chi connectivity index (χ4v) is 2.80. The zero-order valence-electron chi connectivity index (χ0n) is 11.7. The van der Waals surface area contributed by atoms with E-state index in [-0.39, 0.29) is 16.3 Å². The Hall–Kier alpha value is -2.05. The Morgan fingerprint density at radius 2 is 2.17 bits per heavy atom. The minimum absolute atomic E-state index is 0.0464. The van der Waals surface area contributed by atoms with Gasteiger partial charge in [-0.15, -0.1) is 0 Å². The lowest BCUT2D eigenvalue weighted by Gasteiger charge is -2.04. The predicted octanol–water partition coefficient (Wildman–Crippen LogP) is 4.11. The summed E-state index contributed by atoms with van der Waals surface area (Å²) in [5, 5.41) is 0.0464. The predicted molar refractivity (Wildman–Crippen MR) is 88.1 cm³/mol. The number of carbonyl (C=O) groups excluding carboxylic acids is 1. The zero-order valence-corrected chi connectivity index (χ0v) is 14.1. The Labute approximate surface area is 145 Å². The molecule has 23 heavy (non-hydrogen) atoms. The third kappa shape index (κ3) is 3.48. The van der Waals surface area contributed by atoms with Crippen LogP contribution in [0.25, 0.3) is 0 Å². The van der Waals surface area contributed by atoms with Crippen LogP contribution in [0.5, 0.6) is 0 Å². The van der Waals surface area contributed by atoms with Crippen LogP contribution in [0.2, 0.25) is 5.15 Å². The Balaban J connectivity index is 1.89. The van der Waals surface area contributed by atoms with Crippen LogP contribution in [-0.4, -0.2) is 20.3 Å². The van der Waals surface area contributed by atoms with E-state index in [1.165, 1.54) is 29.4 Å². The number of rotatable bonds is 4. The number of hydrogen-bond donors (Lipinski definition) is 0. The lowest BCUT2D eigenvalue weighted by molar-refractivity contribution is 0.103. The lowest BCUT2D eigenvalue weighted by Crippen LogP contribution is -2.04. The van der Waals surface area contributed by atoms with Crippen LogP contribution >= 0.6 is 27.5 Å². The monoisotopic (exact) mass is 393 g/mol. The molecule has 0 saturated heterocycles. The van der Waals surface area contributed by atoms with Crippen molar-refractivity contribution in [3.8, 4) is 0 Å². The average Bonchev–Trinajstić information content (AvgIpc) is 2.88. The first-order valence-corrected chi connectivity index (χ1v) is 7.82. The summed E-state index contributed by atoms with van der Waals surface area (Å²) in [5.74, 6) is -0.913. The summed E-state index contributed by atoms with van der Waals surface area (Å²) in [6, 6.07) is 8.72. The van der Waals surface area contributed by atoms with E-state index in [2.05, 4.69) is 25.9 Å². The van der Waals surface area contributed by atoms with Crippen molar-refractivity contribution in [3.05, 3.63) is 81.3 Å². The molecular formula is C16H10BrClFN3O. The van der Waals surface area contributed by atoms with E-state index in [9.17, 15) is 9.18 Å². The summed E-state index contributed by atoms with van der Waals surface area (Å²) in [7, 11) is 0. The van der Waals surface area contributed by atoms with Gasteiger partial charge in [-0.05, 0) is 17.7 Å². The molecule has 0 spiro atoms. The van der Waals surface area contributed by atoms with E-state index < -0.39 is 11.7 Å². The number of hydrogen-bond acceptors (Lipinski definition) is 3. The van der Waals surface area contributed by atoms with E-state index in [1.807, 2.05) is 24.3 Å². The van der Waals surface area contributed by atoms with Gasteiger partial charge in [0.1, 0.15) is 11.5 Å². The molecule has 0 atom stereocenters. The van der Waals surface area contributed by atoms with Crippen molar-refractivity contribution in [1.82, 2.24) is 14.5 Å². The molecule has 0 unspecified atom stereocenters. The fourth-order valence-electron chi connectivity index (χ4n) is 2.18. The van der Waals surface area contributed by atoms with Crippen molar-refractivity contribution in [3.63, 3.8) is 0 Å². The lowest BCUT2D eigenvalue weighted by atomic mass is 10.1. The maximum Gasteiger partial charge on any atom is 0.199 e. The summed E-state index contributed by atoms with van der Waals surface area (Å²) in [6.07, 6.45) is 4.03.